The molecule has 6 heteroatoms. The molecule has 106 valence electrons. The predicted molar refractivity (Wildman–Crippen MR) is 76.5 cm³/mol. The van der Waals surface area contributed by atoms with Crippen LogP contribution in [-0.2, 0) is 10.0 Å². The average molecular weight is 293 g/mol. The molecule has 0 aliphatic carbocycles. The van der Waals surface area contributed by atoms with E-state index >= 15 is 0 Å². The van der Waals surface area contributed by atoms with Crippen LogP contribution in [0.25, 0.3) is 0 Å². The number of benzene rings is 2. The van der Waals surface area contributed by atoms with Gasteiger partial charge >= 0.3 is 0 Å². The summed E-state index contributed by atoms with van der Waals surface area (Å²) in [5.74, 6) is 0.482. The molecule has 0 aliphatic heterocycles. The first-order valence-electron chi connectivity index (χ1n) is 6.06. The Balaban J connectivity index is 2.31. The molecule has 0 saturated carbocycles. The summed E-state index contributed by atoms with van der Waals surface area (Å²) in [6, 6.07) is 12.1. The summed E-state index contributed by atoms with van der Waals surface area (Å²) < 4.78 is 32.3. The molecule has 5 nitrogen and oxygen atoms in total. The maximum absolute atomic E-state index is 12.2. The zero-order valence-electron chi connectivity index (χ0n) is 10.9. The fraction of sp³-hybridized carbons (Fsp3) is 0.143. The molecule has 20 heavy (non-hydrogen) atoms. The van der Waals surface area contributed by atoms with Crippen molar-refractivity contribution in [1.29, 1.82) is 0 Å². The number of sulfonamides is 1. The third kappa shape index (κ3) is 3.21. The Kier molecular flexibility index (Phi) is 4.14. The molecule has 0 aromatic heterocycles. The van der Waals surface area contributed by atoms with E-state index in [9.17, 15) is 13.5 Å². The molecule has 0 fully saturated rings. The second-order valence-electron chi connectivity index (χ2n) is 4.03. The number of para-hydroxylation sites is 2. The monoisotopic (exact) mass is 293 g/mol. The Labute approximate surface area is 117 Å². The van der Waals surface area contributed by atoms with Crippen molar-refractivity contribution in [1.82, 2.24) is 0 Å². The summed E-state index contributed by atoms with van der Waals surface area (Å²) in [4.78, 5) is 0.0709. The zero-order valence-corrected chi connectivity index (χ0v) is 11.7. The van der Waals surface area contributed by atoms with Gasteiger partial charge in [-0.25, -0.2) is 8.42 Å². The molecular formula is C14H15NO4S. The lowest BCUT2D eigenvalue weighted by atomic mass is 10.3. The molecule has 0 amide bonds. The third-order valence-electron chi connectivity index (χ3n) is 2.58. The van der Waals surface area contributed by atoms with Crippen molar-refractivity contribution in [3.05, 3.63) is 48.5 Å². The minimum absolute atomic E-state index is 0.0127. The molecule has 0 bridgehead atoms. The van der Waals surface area contributed by atoms with E-state index in [2.05, 4.69) is 4.72 Å². The summed E-state index contributed by atoms with van der Waals surface area (Å²) in [5, 5.41) is 9.19. The first-order valence-corrected chi connectivity index (χ1v) is 7.55. The number of anilines is 1. The van der Waals surface area contributed by atoms with E-state index in [1.54, 1.807) is 24.3 Å². The molecule has 2 N–H and O–H groups in total. The lowest BCUT2D eigenvalue weighted by Gasteiger charge is -2.12. The summed E-state index contributed by atoms with van der Waals surface area (Å²) in [6.07, 6.45) is 0. The van der Waals surface area contributed by atoms with Crippen LogP contribution in [0.5, 0.6) is 11.5 Å². The molecule has 2 aromatic carbocycles. The SMILES string of the molecule is CCOc1ccccc1NS(=O)(=O)c1ccc(O)cc1. The summed E-state index contributed by atoms with van der Waals surface area (Å²) in [5.41, 5.74) is 0.377. The van der Waals surface area contributed by atoms with E-state index in [1.807, 2.05) is 6.92 Å². The minimum Gasteiger partial charge on any atom is -0.508 e. The summed E-state index contributed by atoms with van der Waals surface area (Å²) in [7, 11) is -3.71. The first kappa shape index (κ1) is 14.2. The van der Waals surface area contributed by atoms with E-state index < -0.39 is 10.0 Å². The van der Waals surface area contributed by atoms with Gasteiger partial charge in [0.15, 0.2) is 0 Å². The number of ether oxygens (including phenoxy) is 1. The highest BCUT2D eigenvalue weighted by atomic mass is 32.2. The standard InChI is InChI=1S/C14H15NO4S/c1-2-19-14-6-4-3-5-13(14)15-20(17,18)12-9-7-11(16)8-10-12/h3-10,15-16H,2H2,1H3. The number of hydrogen-bond donors (Lipinski definition) is 2. The number of hydrogen-bond acceptors (Lipinski definition) is 4. The Morgan fingerprint density at radius 2 is 1.75 bits per heavy atom. The van der Waals surface area contributed by atoms with Crippen LogP contribution < -0.4 is 9.46 Å². The molecule has 0 heterocycles. The molecule has 0 atom stereocenters. The van der Waals surface area contributed by atoms with Crippen LogP contribution in [0.15, 0.2) is 53.4 Å². The molecular weight excluding hydrogens is 278 g/mol. The molecule has 0 spiro atoms. The van der Waals surface area contributed by atoms with E-state index in [0.29, 0.717) is 18.0 Å². The van der Waals surface area contributed by atoms with Gasteiger partial charge in [0.25, 0.3) is 10.0 Å². The molecule has 0 radical (unpaired) electrons. The third-order valence-corrected chi connectivity index (χ3v) is 3.96. The second-order valence-corrected chi connectivity index (χ2v) is 5.71. The van der Waals surface area contributed by atoms with Gasteiger partial charge < -0.3 is 9.84 Å². The van der Waals surface area contributed by atoms with Crippen LogP contribution in [0.1, 0.15) is 6.92 Å². The first-order chi connectivity index (χ1) is 9.53. The van der Waals surface area contributed by atoms with Crippen molar-refractivity contribution in [2.45, 2.75) is 11.8 Å². The van der Waals surface area contributed by atoms with Crippen LogP contribution in [0.3, 0.4) is 0 Å². The maximum atomic E-state index is 12.2. The van der Waals surface area contributed by atoms with E-state index in [1.165, 1.54) is 24.3 Å². The molecule has 2 rings (SSSR count). The van der Waals surface area contributed by atoms with Gasteiger partial charge in [0.05, 0.1) is 17.2 Å². The van der Waals surface area contributed by atoms with Crippen molar-refractivity contribution in [3.8, 4) is 11.5 Å². The molecule has 2 aromatic rings. The van der Waals surface area contributed by atoms with Crippen LogP contribution in [0.2, 0.25) is 0 Å². The van der Waals surface area contributed by atoms with Crippen LogP contribution in [0, 0.1) is 0 Å². The van der Waals surface area contributed by atoms with Gasteiger partial charge in [0, 0.05) is 0 Å². The van der Waals surface area contributed by atoms with Crippen LogP contribution in [0.4, 0.5) is 5.69 Å². The van der Waals surface area contributed by atoms with E-state index in [0.717, 1.165) is 0 Å². The quantitative estimate of drug-likeness (QED) is 0.888. The Hall–Kier alpha value is -2.21. The van der Waals surface area contributed by atoms with Crippen molar-refractivity contribution in [2.24, 2.45) is 0 Å². The van der Waals surface area contributed by atoms with Gasteiger partial charge in [-0.05, 0) is 43.3 Å². The summed E-state index contributed by atoms with van der Waals surface area (Å²) >= 11 is 0. The largest absolute Gasteiger partial charge is 0.508 e. The predicted octanol–water partition coefficient (Wildman–Crippen LogP) is 2.59. The maximum Gasteiger partial charge on any atom is 0.262 e. The smallest absolute Gasteiger partial charge is 0.262 e. The molecule has 0 saturated heterocycles. The highest BCUT2D eigenvalue weighted by Gasteiger charge is 2.16. The highest BCUT2D eigenvalue weighted by Crippen LogP contribution is 2.26. The van der Waals surface area contributed by atoms with Gasteiger partial charge in [0.2, 0.25) is 0 Å². The summed E-state index contributed by atoms with van der Waals surface area (Å²) in [6.45, 7) is 2.27. The number of aromatic hydroxyl groups is 1. The zero-order chi connectivity index (χ0) is 14.6. The average Bonchev–Trinajstić information content (AvgIpc) is 2.41. The van der Waals surface area contributed by atoms with Crippen molar-refractivity contribution in [2.75, 3.05) is 11.3 Å². The number of phenolic OH excluding ortho intramolecular Hbond substituents is 1. The fourth-order valence-electron chi connectivity index (χ4n) is 1.66. The van der Waals surface area contributed by atoms with E-state index in [-0.39, 0.29) is 10.6 Å². The fourth-order valence-corrected chi connectivity index (χ4v) is 2.73. The van der Waals surface area contributed by atoms with Crippen LogP contribution in [-0.4, -0.2) is 20.1 Å². The second kappa shape index (κ2) is 5.83. The highest BCUT2D eigenvalue weighted by molar-refractivity contribution is 7.92. The molecule has 0 aliphatic rings. The van der Waals surface area contributed by atoms with Gasteiger partial charge in [0.1, 0.15) is 11.5 Å². The Bertz CT molecular complexity index is 681. The van der Waals surface area contributed by atoms with Crippen molar-refractivity contribution in [3.63, 3.8) is 0 Å². The van der Waals surface area contributed by atoms with Crippen molar-refractivity contribution >= 4 is 15.7 Å². The van der Waals surface area contributed by atoms with Gasteiger partial charge in [-0.2, -0.15) is 0 Å². The molecule has 0 unspecified atom stereocenters. The normalized spacial score (nSPS) is 11.1. The van der Waals surface area contributed by atoms with E-state index in [4.69, 9.17) is 4.74 Å². The number of rotatable bonds is 5. The minimum atomic E-state index is -3.71. The lowest BCUT2D eigenvalue weighted by molar-refractivity contribution is 0.342. The number of phenols is 1. The topological polar surface area (TPSA) is 75.6 Å². The van der Waals surface area contributed by atoms with Gasteiger partial charge in [-0.3, -0.25) is 4.72 Å². The van der Waals surface area contributed by atoms with Gasteiger partial charge in [-0.1, -0.05) is 12.1 Å². The lowest BCUT2D eigenvalue weighted by Crippen LogP contribution is -2.13. The number of nitrogens with one attached hydrogen (secondary N) is 1. The Morgan fingerprint density at radius 3 is 2.40 bits per heavy atom. The van der Waals surface area contributed by atoms with Crippen LogP contribution >= 0.6 is 0 Å². The van der Waals surface area contributed by atoms with Crippen molar-refractivity contribution < 1.29 is 18.3 Å². The Morgan fingerprint density at radius 1 is 1.10 bits per heavy atom. The van der Waals surface area contributed by atoms with Gasteiger partial charge in [-0.15, -0.1) is 0 Å².